The number of aryl methyl sites for hydroxylation is 1. The number of ether oxygens (including phenoxy) is 4. The van der Waals surface area contributed by atoms with Crippen molar-refractivity contribution in [2.24, 2.45) is 0 Å². The standard InChI is InChI=1S/C31H31N2O6/c1-21-19-33(30(35)32-29(21)34)28-18-17-27(39-28)20-38-31(22-7-5-4-6-8-22,23-9-13-25(36-2)14-10-23)24-11-15-26(37-3)16-12-24/h4-17,19,27-28H,18,20H2,1-3H3,(H,32,34,35)/t27-,28+/m0/s1. The molecule has 1 N–H and O–H groups in total. The molecular weight excluding hydrogens is 496 g/mol. The third kappa shape index (κ3) is 5.26. The van der Waals surface area contributed by atoms with Crippen molar-refractivity contribution < 1.29 is 18.9 Å². The molecule has 0 amide bonds. The SMILES string of the molecule is COc1ccc(C(OC[C@@H]2[CH]C[C@H](n3cc(C)c(=O)[nH]c3=O)O2)(c2ccccc2)c2ccc(OC)cc2)cc1. The molecular formula is C31H31N2O6. The minimum absolute atomic E-state index is 0.223. The Bertz CT molecular complexity index is 1460. The molecule has 0 saturated carbocycles. The van der Waals surface area contributed by atoms with Gasteiger partial charge in [-0.2, -0.15) is 0 Å². The van der Waals surface area contributed by atoms with Gasteiger partial charge in [0, 0.05) is 11.8 Å². The Morgan fingerprint density at radius 3 is 2.00 bits per heavy atom. The van der Waals surface area contributed by atoms with E-state index in [0.29, 0.717) is 12.0 Å². The molecule has 1 aliphatic rings. The first-order valence-electron chi connectivity index (χ1n) is 12.7. The number of hydrogen-bond acceptors (Lipinski definition) is 6. The van der Waals surface area contributed by atoms with Gasteiger partial charge in [0.2, 0.25) is 0 Å². The molecule has 2 heterocycles. The van der Waals surface area contributed by atoms with Crippen LogP contribution in [0.1, 0.15) is 34.9 Å². The Hall–Kier alpha value is -4.14. The van der Waals surface area contributed by atoms with E-state index >= 15 is 0 Å². The molecule has 3 aromatic carbocycles. The number of methoxy groups -OCH3 is 2. The van der Waals surface area contributed by atoms with E-state index in [0.717, 1.165) is 28.2 Å². The normalized spacial score (nSPS) is 17.2. The van der Waals surface area contributed by atoms with E-state index in [9.17, 15) is 9.59 Å². The maximum Gasteiger partial charge on any atom is 0.330 e. The molecule has 1 radical (unpaired) electrons. The first kappa shape index (κ1) is 26.5. The Morgan fingerprint density at radius 1 is 0.872 bits per heavy atom. The van der Waals surface area contributed by atoms with Gasteiger partial charge in [-0.3, -0.25) is 14.3 Å². The third-order valence-corrected chi connectivity index (χ3v) is 7.03. The predicted octanol–water partition coefficient (Wildman–Crippen LogP) is 4.36. The van der Waals surface area contributed by atoms with Gasteiger partial charge < -0.3 is 18.9 Å². The first-order chi connectivity index (χ1) is 18.9. The summed E-state index contributed by atoms with van der Waals surface area (Å²) in [7, 11) is 3.27. The molecule has 1 fully saturated rings. The summed E-state index contributed by atoms with van der Waals surface area (Å²) in [5, 5.41) is 0. The van der Waals surface area contributed by atoms with Gasteiger partial charge in [0.05, 0.1) is 26.9 Å². The van der Waals surface area contributed by atoms with Gasteiger partial charge in [-0.05, 0) is 60.7 Å². The van der Waals surface area contributed by atoms with Crippen molar-refractivity contribution in [3.8, 4) is 11.5 Å². The van der Waals surface area contributed by atoms with Crippen LogP contribution in [0.5, 0.6) is 11.5 Å². The molecule has 0 bridgehead atoms. The van der Waals surface area contributed by atoms with Crippen LogP contribution in [0.4, 0.5) is 0 Å². The monoisotopic (exact) mass is 527 g/mol. The number of nitrogens with zero attached hydrogens (tertiary/aromatic N) is 1. The molecule has 1 aromatic heterocycles. The summed E-state index contributed by atoms with van der Waals surface area (Å²) in [6.07, 6.45) is 3.12. The van der Waals surface area contributed by atoms with E-state index < -0.39 is 23.1 Å². The van der Waals surface area contributed by atoms with E-state index in [2.05, 4.69) is 4.98 Å². The second kappa shape index (κ2) is 11.3. The molecule has 201 valence electrons. The zero-order valence-electron chi connectivity index (χ0n) is 22.1. The largest absolute Gasteiger partial charge is 0.497 e. The topological polar surface area (TPSA) is 91.8 Å². The molecule has 8 heteroatoms. The summed E-state index contributed by atoms with van der Waals surface area (Å²) in [5.74, 6) is 1.49. The van der Waals surface area contributed by atoms with Gasteiger partial charge in [-0.25, -0.2) is 4.79 Å². The highest BCUT2D eigenvalue weighted by Crippen LogP contribution is 2.42. The summed E-state index contributed by atoms with van der Waals surface area (Å²) in [4.78, 5) is 26.6. The predicted molar refractivity (Wildman–Crippen MR) is 147 cm³/mol. The van der Waals surface area contributed by atoms with E-state index in [4.69, 9.17) is 18.9 Å². The molecule has 1 saturated heterocycles. The van der Waals surface area contributed by atoms with Crippen molar-refractivity contribution in [1.82, 2.24) is 9.55 Å². The lowest BCUT2D eigenvalue weighted by molar-refractivity contribution is -0.0721. The smallest absolute Gasteiger partial charge is 0.330 e. The van der Waals surface area contributed by atoms with Gasteiger partial charge in [0.15, 0.2) is 0 Å². The van der Waals surface area contributed by atoms with Crippen molar-refractivity contribution >= 4 is 0 Å². The van der Waals surface area contributed by atoms with Crippen molar-refractivity contribution in [2.45, 2.75) is 31.3 Å². The van der Waals surface area contributed by atoms with Crippen LogP contribution in [0.3, 0.4) is 0 Å². The highest BCUT2D eigenvalue weighted by molar-refractivity contribution is 5.49. The lowest BCUT2D eigenvalue weighted by Gasteiger charge is -2.37. The average molecular weight is 528 g/mol. The van der Waals surface area contributed by atoms with Crippen LogP contribution in [0.2, 0.25) is 0 Å². The van der Waals surface area contributed by atoms with Crippen LogP contribution in [0, 0.1) is 13.3 Å². The van der Waals surface area contributed by atoms with E-state index in [1.54, 1.807) is 21.1 Å². The highest BCUT2D eigenvalue weighted by atomic mass is 16.6. The Labute approximate surface area is 226 Å². The van der Waals surface area contributed by atoms with E-state index in [1.165, 1.54) is 10.8 Å². The molecule has 2 atom stereocenters. The Morgan fingerprint density at radius 2 is 1.44 bits per heavy atom. The van der Waals surface area contributed by atoms with Crippen molar-refractivity contribution in [1.29, 1.82) is 0 Å². The van der Waals surface area contributed by atoms with Gasteiger partial charge in [0.1, 0.15) is 23.3 Å². The van der Waals surface area contributed by atoms with Crippen LogP contribution in [-0.2, 0) is 15.1 Å². The molecule has 0 spiro atoms. The zero-order valence-corrected chi connectivity index (χ0v) is 22.1. The van der Waals surface area contributed by atoms with Crippen LogP contribution in [0.25, 0.3) is 0 Å². The Balaban J connectivity index is 1.51. The van der Waals surface area contributed by atoms with Crippen molar-refractivity contribution in [3.05, 3.63) is 135 Å². The Kier molecular flexibility index (Phi) is 7.67. The molecule has 39 heavy (non-hydrogen) atoms. The number of H-pyrrole nitrogens is 1. The van der Waals surface area contributed by atoms with Crippen LogP contribution in [-0.4, -0.2) is 36.5 Å². The van der Waals surface area contributed by atoms with Crippen LogP contribution in [0.15, 0.2) is 94.6 Å². The fourth-order valence-corrected chi connectivity index (χ4v) is 4.95. The molecule has 5 rings (SSSR count). The first-order valence-corrected chi connectivity index (χ1v) is 12.7. The van der Waals surface area contributed by atoms with Crippen LogP contribution >= 0.6 is 0 Å². The summed E-state index contributed by atoms with van der Waals surface area (Å²) in [6.45, 7) is 1.88. The molecule has 4 aromatic rings. The van der Waals surface area contributed by atoms with Crippen LogP contribution < -0.4 is 20.7 Å². The average Bonchev–Trinajstić information content (AvgIpc) is 3.45. The molecule has 0 aliphatic carbocycles. The lowest BCUT2D eigenvalue weighted by Crippen LogP contribution is -2.36. The summed E-state index contributed by atoms with van der Waals surface area (Å²) >= 11 is 0. The second-order valence-electron chi connectivity index (χ2n) is 9.39. The van der Waals surface area contributed by atoms with Crippen molar-refractivity contribution in [3.63, 3.8) is 0 Å². The number of aromatic amines is 1. The third-order valence-electron chi connectivity index (χ3n) is 7.03. The molecule has 1 aliphatic heterocycles. The highest BCUT2D eigenvalue weighted by Gasteiger charge is 2.40. The maximum atomic E-state index is 12.4. The van der Waals surface area contributed by atoms with Gasteiger partial charge in [-0.15, -0.1) is 0 Å². The number of rotatable bonds is 9. The lowest BCUT2D eigenvalue weighted by atomic mass is 9.80. The summed E-state index contributed by atoms with van der Waals surface area (Å²) in [6, 6.07) is 25.7. The number of hydrogen-bond donors (Lipinski definition) is 1. The molecule has 0 unspecified atom stereocenters. The van der Waals surface area contributed by atoms with E-state index in [-0.39, 0.29) is 12.7 Å². The fraction of sp³-hybridized carbons (Fsp3) is 0.258. The zero-order chi connectivity index (χ0) is 27.4. The fourth-order valence-electron chi connectivity index (χ4n) is 4.95. The van der Waals surface area contributed by atoms with E-state index in [1.807, 2.05) is 85.3 Å². The maximum absolute atomic E-state index is 12.4. The van der Waals surface area contributed by atoms with Gasteiger partial charge in [-0.1, -0.05) is 54.6 Å². The second-order valence-corrected chi connectivity index (χ2v) is 9.39. The number of aromatic nitrogens is 2. The summed E-state index contributed by atoms with van der Waals surface area (Å²) in [5.41, 5.74) is 1.36. The number of benzene rings is 3. The van der Waals surface area contributed by atoms with Gasteiger partial charge >= 0.3 is 5.69 Å². The molecule has 8 nitrogen and oxygen atoms in total. The minimum atomic E-state index is -0.972. The minimum Gasteiger partial charge on any atom is -0.497 e. The van der Waals surface area contributed by atoms with Crippen molar-refractivity contribution in [2.75, 3.05) is 20.8 Å². The van der Waals surface area contributed by atoms with Gasteiger partial charge in [0.25, 0.3) is 5.56 Å². The number of nitrogens with one attached hydrogen (secondary N) is 1. The summed E-state index contributed by atoms with van der Waals surface area (Å²) < 4.78 is 25.4. The quantitative estimate of drug-likeness (QED) is 0.325.